The van der Waals surface area contributed by atoms with Gasteiger partial charge in [0.15, 0.2) is 0 Å². The van der Waals surface area contributed by atoms with E-state index in [0.717, 1.165) is 12.6 Å². The molecule has 0 saturated carbocycles. The van der Waals surface area contributed by atoms with Gasteiger partial charge in [0.25, 0.3) is 0 Å². The molecule has 0 aliphatic carbocycles. The predicted molar refractivity (Wildman–Crippen MR) is 52.5 cm³/mol. The second kappa shape index (κ2) is 4.80. The summed E-state index contributed by atoms with van der Waals surface area (Å²) in [5.74, 6) is -1.28. The lowest BCUT2D eigenvalue weighted by Crippen LogP contribution is -2.13. The molecule has 0 radical (unpaired) electrons. The molecule has 0 amide bonds. The van der Waals surface area contributed by atoms with Gasteiger partial charge >= 0.3 is 6.18 Å². The van der Waals surface area contributed by atoms with Crippen LogP contribution in [0.25, 0.3) is 0 Å². The monoisotopic (exact) mass is 235 g/mol. The lowest BCUT2D eigenvalue weighted by atomic mass is 9.97. The molecule has 0 aliphatic rings. The highest BCUT2D eigenvalue weighted by Crippen LogP contribution is 2.35. The first kappa shape index (κ1) is 12.9. The maximum Gasteiger partial charge on any atom is 0.418 e. The quantitative estimate of drug-likeness (QED) is 0.717. The molecule has 0 bridgehead atoms. The predicted octanol–water partition coefficient (Wildman–Crippen LogP) is 4.14. The van der Waals surface area contributed by atoms with Crippen molar-refractivity contribution in [1.29, 1.82) is 0 Å². The van der Waals surface area contributed by atoms with Crippen molar-refractivity contribution in [2.45, 2.75) is 38.8 Å². The van der Waals surface area contributed by atoms with Gasteiger partial charge in [-0.05, 0) is 18.4 Å². The molecule has 0 aliphatic heterocycles. The van der Waals surface area contributed by atoms with E-state index >= 15 is 0 Å². The van der Waals surface area contributed by atoms with Crippen LogP contribution in [0.2, 0.25) is 0 Å². The molecule has 1 unspecified atom stereocenters. The lowest BCUT2D eigenvalue weighted by molar-refractivity contribution is -0.138. The Morgan fingerprint density at radius 1 is 1.38 bits per heavy atom. The van der Waals surface area contributed by atoms with Gasteiger partial charge in [0, 0.05) is 0 Å². The summed E-state index contributed by atoms with van der Waals surface area (Å²) in [5, 5.41) is 0. The van der Waals surface area contributed by atoms with Gasteiger partial charge in [-0.25, -0.2) is 4.39 Å². The highest BCUT2D eigenvalue weighted by atomic mass is 19.4. The second-order valence-electron chi connectivity index (χ2n) is 3.77. The highest BCUT2D eigenvalue weighted by Gasteiger charge is 2.35. The van der Waals surface area contributed by atoms with E-state index in [2.05, 4.69) is 4.98 Å². The molecule has 1 nitrogen and oxygen atoms in total. The minimum atomic E-state index is -4.55. The van der Waals surface area contributed by atoms with Crippen LogP contribution < -0.4 is 0 Å². The molecule has 90 valence electrons. The van der Waals surface area contributed by atoms with Crippen molar-refractivity contribution in [3.05, 3.63) is 29.3 Å². The van der Waals surface area contributed by atoms with Gasteiger partial charge in [-0.3, -0.25) is 4.98 Å². The van der Waals surface area contributed by atoms with Crippen LogP contribution in [0.3, 0.4) is 0 Å². The minimum Gasteiger partial charge on any atom is -0.257 e. The van der Waals surface area contributed by atoms with Crippen molar-refractivity contribution < 1.29 is 17.6 Å². The van der Waals surface area contributed by atoms with E-state index in [-0.39, 0.29) is 11.6 Å². The van der Waals surface area contributed by atoms with E-state index in [1.165, 1.54) is 0 Å². The molecular weight excluding hydrogens is 222 g/mol. The van der Waals surface area contributed by atoms with E-state index in [9.17, 15) is 17.6 Å². The topological polar surface area (TPSA) is 12.9 Å². The Bertz CT molecular complexity index is 359. The van der Waals surface area contributed by atoms with Crippen molar-refractivity contribution in [3.63, 3.8) is 0 Å². The smallest absolute Gasteiger partial charge is 0.257 e. The molecule has 1 heterocycles. The zero-order valence-electron chi connectivity index (χ0n) is 9.11. The van der Waals surface area contributed by atoms with Gasteiger partial charge in [-0.1, -0.05) is 20.3 Å². The number of pyridine rings is 1. The normalized spacial score (nSPS) is 13.9. The fourth-order valence-electron chi connectivity index (χ4n) is 1.64. The van der Waals surface area contributed by atoms with Crippen molar-refractivity contribution in [1.82, 2.24) is 4.98 Å². The molecule has 0 N–H and O–H groups in total. The van der Waals surface area contributed by atoms with Crippen LogP contribution in [0.5, 0.6) is 0 Å². The number of nitrogens with zero attached hydrogens (tertiary/aromatic N) is 1. The summed E-state index contributed by atoms with van der Waals surface area (Å²) >= 11 is 0. The Morgan fingerprint density at radius 3 is 2.50 bits per heavy atom. The Labute approximate surface area is 91.5 Å². The molecule has 0 aromatic carbocycles. The Balaban J connectivity index is 3.18. The third-order valence-corrected chi connectivity index (χ3v) is 2.38. The maximum absolute atomic E-state index is 12.8. The fourth-order valence-corrected chi connectivity index (χ4v) is 1.64. The number of hydrogen-bond acceptors (Lipinski definition) is 1. The zero-order valence-corrected chi connectivity index (χ0v) is 9.11. The summed E-state index contributed by atoms with van der Waals surface area (Å²) in [6, 6.07) is 0.508. The molecule has 0 spiro atoms. The Kier molecular flexibility index (Phi) is 3.88. The minimum absolute atomic E-state index is 0.0734. The number of alkyl halides is 3. The van der Waals surface area contributed by atoms with Gasteiger partial charge < -0.3 is 0 Å². The van der Waals surface area contributed by atoms with Crippen LogP contribution >= 0.6 is 0 Å². The third-order valence-electron chi connectivity index (χ3n) is 2.38. The van der Waals surface area contributed by atoms with Crippen molar-refractivity contribution >= 4 is 0 Å². The second-order valence-corrected chi connectivity index (χ2v) is 3.77. The van der Waals surface area contributed by atoms with Crippen LogP contribution in [0.1, 0.15) is 43.9 Å². The van der Waals surface area contributed by atoms with Crippen LogP contribution in [0, 0.1) is 5.82 Å². The molecular formula is C11H13F4N. The largest absolute Gasteiger partial charge is 0.418 e. The molecule has 1 aromatic rings. The number of halogens is 4. The van der Waals surface area contributed by atoms with E-state index in [4.69, 9.17) is 0 Å². The van der Waals surface area contributed by atoms with Crippen molar-refractivity contribution in [3.8, 4) is 0 Å². The summed E-state index contributed by atoms with van der Waals surface area (Å²) in [6.07, 6.45) is -2.36. The average molecular weight is 235 g/mol. The van der Waals surface area contributed by atoms with E-state index in [1.54, 1.807) is 6.92 Å². The van der Waals surface area contributed by atoms with Gasteiger partial charge in [0.05, 0.1) is 17.5 Å². The molecule has 0 fully saturated rings. The van der Waals surface area contributed by atoms with Crippen LogP contribution in [0.15, 0.2) is 12.3 Å². The van der Waals surface area contributed by atoms with Gasteiger partial charge in [-0.2, -0.15) is 13.2 Å². The van der Waals surface area contributed by atoms with Crippen LogP contribution in [-0.4, -0.2) is 4.98 Å². The van der Waals surface area contributed by atoms with E-state index in [0.29, 0.717) is 12.5 Å². The van der Waals surface area contributed by atoms with Crippen molar-refractivity contribution in [2.75, 3.05) is 0 Å². The summed E-state index contributed by atoms with van der Waals surface area (Å²) in [7, 11) is 0. The SMILES string of the molecule is CCCC(C)c1ncc(F)cc1C(F)(F)F. The first-order chi connectivity index (χ1) is 7.36. The molecule has 5 heteroatoms. The lowest BCUT2D eigenvalue weighted by Gasteiger charge is -2.16. The third kappa shape index (κ3) is 2.93. The summed E-state index contributed by atoms with van der Waals surface area (Å²) in [4.78, 5) is 3.57. The van der Waals surface area contributed by atoms with Gasteiger partial charge in [0.2, 0.25) is 0 Å². The van der Waals surface area contributed by atoms with Gasteiger partial charge in [-0.15, -0.1) is 0 Å². The number of rotatable bonds is 3. The molecule has 1 rings (SSSR count). The summed E-state index contributed by atoms with van der Waals surface area (Å²) in [6.45, 7) is 3.55. The van der Waals surface area contributed by atoms with Gasteiger partial charge in [0.1, 0.15) is 5.82 Å². The Hall–Kier alpha value is -1.13. The summed E-state index contributed by atoms with van der Waals surface area (Å²) in [5.41, 5.74) is -1.04. The number of aromatic nitrogens is 1. The molecule has 0 saturated heterocycles. The maximum atomic E-state index is 12.8. The molecule has 16 heavy (non-hydrogen) atoms. The Morgan fingerprint density at radius 2 is 2.00 bits per heavy atom. The zero-order chi connectivity index (χ0) is 12.3. The molecule has 1 atom stereocenters. The first-order valence-electron chi connectivity index (χ1n) is 5.09. The molecule has 1 aromatic heterocycles. The fraction of sp³-hybridized carbons (Fsp3) is 0.545. The average Bonchev–Trinajstić information content (AvgIpc) is 2.16. The van der Waals surface area contributed by atoms with E-state index < -0.39 is 17.6 Å². The van der Waals surface area contributed by atoms with Crippen LogP contribution in [-0.2, 0) is 6.18 Å². The number of hydrogen-bond donors (Lipinski definition) is 0. The first-order valence-corrected chi connectivity index (χ1v) is 5.09. The van der Waals surface area contributed by atoms with E-state index in [1.807, 2.05) is 6.92 Å². The van der Waals surface area contributed by atoms with Crippen molar-refractivity contribution in [2.24, 2.45) is 0 Å². The van der Waals surface area contributed by atoms with Crippen LogP contribution in [0.4, 0.5) is 17.6 Å². The highest BCUT2D eigenvalue weighted by molar-refractivity contribution is 5.26. The standard InChI is InChI=1S/C11H13F4N/c1-3-4-7(2)10-9(11(13,14)15)5-8(12)6-16-10/h5-7H,3-4H2,1-2H3. The summed E-state index contributed by atoms with van der Waals surface area (Å²) < 4.78 is 50.6.